The molecule has 1 aliphatic heterocycles. The van der Waals surface area contributed by atoms with Gasteiger partial charge >= 0.3 is 11.9 Å². The first kappa shape index (κ1) is 21.0. The normalized spacial score (nSPS) is 28.4. The molecule has 2 fully saturated rings. The standard InChI is InChI=1S/C23H30N2O5/c26-21(27)3-1-8-23-9-2-10-25(14-15-4-5-15)20(19(23)13-22(28)29)11-16-6-7-17(24-30)12-18(16)23/h6-7,12,15,19-20H,1-5,8-11,13-14H2,(H,26,27)(H,28,29)/t19-,20+,23-/m0/s1. The highest BCUT2D eigenvalue weighted by Crippen LogP contribution is 2.53. The van der Waals surface area contributed by atoms with Gasteiger partial charge in [0.05, 0.1) is 6.42 Å². The van der Waals surface area contributed by atoms with E-state index in [0.29, 0.717) is 18.5 Å². The highest BCUT2D eigenvalue weighted by molar-refractivity contribution is 5.68. The number of rotatable bonds is 9. The molecule has 2 bridgehead atoms. The van der Waals surface area contributed by atoms with E-state index in [4.69, 9.17) is 0 Å². The number of benzene rings is 1. The van der Waals surface area contributed by atoms with Crippen LogP contribution in [0.2, 0.25) is 0 Å². The predicted molar refractivity (Wildman–Crippen MR) is 112 cm³/mol. The Morgan fingerprint density at radius 1 is 1.20 bits per heavy atom. The first-order valence-electron chi connectivity index (χ1n) is 11.1. The monoisotopic (exact) mass is 414 g/mol. The van der Waals surface area contributed by atoms with Gasteiger partial charge in [0.15, 0.2) is 0 Å². The Labute approximate surface area is 176 Å². The summed E-state index contributed by atoms with van der Waals surface area (Å²) in [7, 11) is 0. The summed E-state index contributed by atoms with van der Waals surface area (Å²) < 4.78 is 0. The number of hydrogen-bond acceptors (Lipinski definition) is 5. The van der Waals surface area contributed by atoms with Crippen molar-refractivity contribution in [1.29, 1.82) is 0 Å². The van der Waals surface area contributed by atoms with Crippen LogP contribution in [0.5, 0.6) is 0 Å². The van der Waals surface area contributed by atoms with Crippen LogP contribution in [0.15, 0.2) is 23.4 Å². The molecule has 1 heterocycles. The molecule has 3 atom stereocenters. The SMILES string of the molecule is O=Nc1ccc2c(c1)[C@]1(CCCC(=O)O)CCCN(CC3CC3)[C@H](C2)[C@@H]1CC(=O)O. The highest BCUT2D eigenvalue weighted by atomic mass is 16.4. The summed E-state index contributed by atoms with van der Waals surface area (Å²) in [5.74, 6) is -1.02. The number of likely N-dealkylation sites (tertiary alicyclic amines) is 1. The van der Waals surface area contributed by atoms with Gasteiger partial charge in [0.25, 0.3) is 0 Å². The van der Waals surface area contributed by atoms with Crippen LogP contribution in [0, 0.1) is 16.7 Å². The Hall–Kier alpha value is -2.28. The Kier molecular flexibility index (Phi) is 5.91. The van der Waals surface area contributed by atoms with Crippen LogP contribution in [-0.2, 0) is 21.4 Å². The molecule has 0 amide bonds. The Morgan fingerprint density at radius 3 is 2.67 bits per heavy atom. The lowest BCUT2D eigenvalue weighted by Crippen LogP contribution is -2.53. The molecule has 1 aromatic rings. The second-order valence-electron chi connectivity index (χ2n) is 9.35. The fourth-order valence-electron chi connectivity index (χ4n) is 6.04. The summed E-state index contributed by atoms with van der Waals surface area (Å²) in [6.45, 7) is 1.97. The van der Waals surface area contributed by atoms with Crippen molar-refractivity contribution in [3.05, 3.63) is 34.2 Å². The minimum atomic E-state index is -0.832. The third-order valence-electron chi connectivity index (χ3n) is 7.47. The van der Waals surface area contributed by atoms with Crippen molar-refractivity contribution >= 4 is 17.6 Å². The third kappa shape index (κ3) is 4.13. The molecule has 2 N–H and O–H groups in total. The lowest BCUT2D eigenvalue weighted by molar-refractivity contribution is -0.140. The summed E-state index contributed by atoms with van der Waals surface area (Å²) in [6.07, 6.45) is 6.31. The number of carboxylic acids is 2. The molecule has 0 spiro atoms. The van der Waals surface area contributed by atoms with Gasteiger partial charge in [0, 0.05) is 24.4 Å². The molecule has 0 unspecified atom stereocenters. The van der Waals surface area contributed by atoms with Crippen LogP contribution >= 0.6 is 0 Å². The van der Waals surface area contributed by atoms with E-state index in [1.807, 2.05) is 12.1 Å². The fraction of sp³-hybridized carbons (Fsp3) is 0.652. The predicted octanol–water partition coefficient (Wildman–Crippen LogP) is 4.10. The smallest absolute Gasteiger partial charge is 0.303 e. The van der Waals surface area contributed by atoms with Gasteiger partial charge in [0.1, 0.15) is 5.69 Å². The van der Waals surface area contributed by atoms with Crippen molar-refractivity contribution < 1.29 is 19.8 Å². The van der Waals surface area contributed by atoms with Gasteiger partial charge in [-0.3, -0.25) is 14.5 Å². The lowest BCUT2D eigenvalue weighted by Gasteiger charge is -2.50. The number of nitrogens with zero attached hydrogens (tertiary/aromatic N) is 2. The van der Waals surface area contributed by atoms with E-state index in [2.05, 4.69) is 10.1 Å². The van der Waals surface area contributed by atoms with Gasteiger partial charge in [-0.2, -0.15) is 0 Å². The molecule has 7 nitrogen and oxygen atoms in total. The number of hydrogen-bond donors (Lipinski definition) is 2. The van der Waals surface area contributed by atoms with Gasteiger partial charge in [-0.15, -0.1) is 4.91 Å². The quantitative estimate of drug-likeness (QED) is 0.589. The zero-order chi connectivity index (χ0) is 21.3. The average molecular weight is 415 g/mol. The van der Waals surface area contributed by atoms with Crippen LogP contribution in [0.4, 0.5) is 5.69 Å². The topological polar surface area (TPSA) is 107 Å². The van der Waals surface area contributed by atoms with Crippen LogP contribution in [0.3, 0.4) is 0 Å². The summed E-state index contributed by atoms with van der Waals surface area (Å²) in [5, 5.41) is 22.1. The largest absolute Gasteiger partial charge is 0.481 e. The highest BCUT2D eigenvalue weighted by Gasteiger charge is 2.52. The molecule has 1 aromatic carbocycles. The van der Waals surface area contributed by atoms with Gasteiger partial charge in [0.2, 0.25) is 0 Å². The van der Waals surface area contributed by atoms with Crippen molar-refractivity contribution in [2.24, 2.45) is 17.0 Å². The molecule has 162 valence electrons. The van der Waals surface area contributed by atoms with Crippen molar-refractivity contribution in [3.8, 4) is 0 Å². The molecular weight excluding hydrogens is 384 g/mol. The fourth-order valence-corrected chi connectivity index (χ4v) is 6.04. The summed E-state index contributed by atoms with van der Waals surface area (Å²) in [4.78, 5) is 36.9. The van der Waals surface area contributed by atoms with Crippen LogP contribution in [0.25, 0.3) is 0 Å². The first-order valence-corrected chi connectivity index (χ1v) is 11.1. The van der Waals surface area contributed by atoms with Crippen molar-refractivity contribution in [2.75, 3.05) is 13.1 Å². The molecule has 0 aromatic heterocycles. The van der Waals surface area contributed by atoms with E-state index in [-0.39, 0.29) is 24.8 Å². The maximum Gasteiger partial charge on any atom is 0.303 e. The van der Waals surface area contributed by atoms with E-state index in [0.717, 1.165) is 49.4 Å². The number of carboxylic acid groups (broad SMARTS) is 2. The third-order valence-corrected chi connectivity index (χ3v) is 7.47. The zero-order valence-corrected chi connectivity index (χ0v) is 17.3. The van der Waals surface area contributed by atoms with Gasteiger partial charge in [-0.1, -0.05) is 6.07 Å². The van der Waals surface area contributed by atoms with Crippen molar-refractivity contribution in [2.45, 2.75) is 69.2 Å². The minimum Gasteiger partial charge on any atom is -0.481 e. The maximum atomic E-state index is 11.9. The van der Waals surface area contributed by atoms with Gasteiger partial charge in [-0.05, 0) is 91.8 Å². The number of carbonyl (C=O) groups is 2. The second-order valence-corrected chi connectivity index (χ2v) is 9.35. The van der Waals surface area contributed by atoms with E-state index >= 15 is 0 Å². The number of fused-ring (bicyclic) bond motifs is 4. The lowest BCUT2D eigenvalue weighted by atomic mass is 9.57. The number of nitroso groups, excluding NO2 is 1. The summed E-state index contributed by atoms with van der Waals surface area (Å²) >= 11 is 0. The van der Waals surface area contributed by atoms with E-state index < -0.39 is 17.4 Å². The van der Waals surface area contributed by atoms with Crippen LogP contribution < -0.4 is 0 Å². The number of aliphatic carboxylic acids is 2. The van der Waals surface area contributed by atoms with Gasteiger partial charge in [-0.25, -0.2) is 0 Å². The van der Waals surface area contributed by atoms with E-state index in [9.17, 15) is 24.7 Å². The minimum absolute atomic E-state index is 0.0666. The molecule has 0 radical (unpaired) electrons. The Bertz CT molecular complexity index is 837. The first-order chi connectivity index (χ1) is 14.4. The van der Waals surface area contributed by atoms with Crippen molar-refractivity contribution in [3.63, 3.8) is 0 Å². The van der Waals surface area contributed by atoms with E-state index in [1.54, 1.807) is 6.07 Å². The maximum absolute atomic E-state index is 11.9. The molecule has 3 aliphatic rings. The zero-order valence-electron chi connectivity index (χ0n) is 17.3. The Morgan fingerprint density at radius 2 is 2.00 bits per heavy atom. The van der Waals surface area contributed by atoms with Crippen molar-refractivity contribution in [1.82, 2.24) is 4.90 Å². The summed E-state index contributed by atoms with van der Waals surface area (Å²) in [5.41, 5.74) is 2.12. The molecule has 4 rings (SSSR count). The van der Waals surface area contributed by atoms with Crippen LogP contribution in [0.1, 0.15) is 62.5 Å². The molecule has 2 aliphatic carbocycles. The Balaban J connectivity index is 1.79. The molecule has 30 heavy (non-hydrogen) atoms. The molecular formula is C23H30N2O5. The average Bonchev–Trinajstić information content (AvgIpc) is 3.52. The molecule has 1 saturated heterocycles. The van der Waals surface area contributed by atoms with Crippen LogP contribution in [-0.4, -0.2) is 46.2 Å². The summed E-state index contributed by atoms with van der Waals surface area (Å²) in [6, 6.07) is 5.69. The van der Waals surface area contributed by atoms with E-state index in [1.165, 1.54) is 12.8 Å². The molecule has 7 heteroatoms. The van der Waals surface area contributed by atoms with Gasteiger partial charge < -0.3 is 10.2 Å². The molecule has 1 saturated carbocycles. The second kappa shape index (κ2) is 8.46.